The van der Waals surface area contributed by atoms with Crippen molar-refractivity contribution >= 4 is 15.9 Å². The summed E-state index contributed by atoms with van der Waals surface area (Å²) in [7, 11) is -3.99. The Morgan fingerprint density at radius 2 is 1.82 bits per heavy atom. The third-order valence-corrected chi connectivity index (χ3v) is 8.98. The van der Waals surface area contributed by atoms with Crippen molar-refractivity contribution in [3.8, 4) is 0 Å². The number of nitrogens with zero attached hydrogens (tertiary/aromatic N) is 1. The monoisotopic (exact) mass is 498 g/mol. The number of halogens is 1. The molecule has 1 saturated carbocycles. The Kier molecular flexibility index (Phi) is 8.57. The number of rotatable bonds is 6. The second-order valence-corrected chi connectivity index (χ2v) is 11.6. The summed E-state index contributed by atoms with van der Waals surface area (Å²) in [5.41, 5.74) is 0. The Morgan fingerprint density at radius 1 is 1.09 bits per heavy atom. The summed E-state index contributed by atoms with van der Waals surface area (Å²) in [5.74, 6) is -0.0273. The van der Waals surface area contributed by atoms with Gasteiger partial charge in [0.15, 0.2) is 0 Å². The zero-order chi connectivity index (χ0) is 24.1. The van der Waals surface area contributed by atoms with Crippen LogP contribution in [0.2, 0.25) is 0 Å². The maximum Gasteiger partial charge on any atom is 0.243 e. The molecule has 190 valence electrons. The Hall–Kier alpha value is -1.59. The summed E-state index contributed by atoms with van der Waals surface area (Å²) in [6, 6.07) is 4.11. The molecule has 0 unspecified atom stereocenters. The zero-order valence-corrected chi connectivity index (χ0v) is 20.2. The van der Waals surface area contributed by atoms with E-state index in [0.29, 0.717) is 25.3 Å². The highest BCUT2D eigenvalue weighted by atomic mass is 32.2. The summed E-state index contributed by atoms with van der Waals surface area (Å²) >= 11 is 0. The number of nitrogens with one attached hydrogen (secondary N) is 1. The first kappa shape index (κ1) is 25.5. The molecule has 1 aliphatic carbocycles. The lowest BCUT2D eigenvalue weighted by molar-refractivity contribution is -0.146. The van der Waals surface area contributed by atoms with Crippen LogP contribution < -0.4 is 5.32 Å². The number of aliphatic hydroxyl groups excluding tert-OH is 1. The molecule has 1 aromatic carbocycles. The standard InChI is InChI=1S/C24H35FN2O6S/c25-18-6-9-21(10-7-18)34(30,31)27-14-19(28)15-32-16-23-22(27)11-8-20(33-23)12-24(29)26-13-17-4-2-1-3-5-17/h6-7,9-10,17,19-20,22-23,28H,1-5,8,11-16H2,(H,26,29)/t19-,20-,22-,23+/m0/s1. The molecule has 0 aromatic heterocycles. The lowest BCUT2D eigenvalue weighted by Crippen LogP contribution is -2.57. The lowest BCUT2D eigenvalue weighted by Gasteiger charge is -2.43. The topological polar surface area (TPSA) is 105 Å². The Balaban J connectivity index is 1.40. The van der Waals surface area contributed by atoms with Crippen LogP contribution in [0.15, 0.2) is 29.2 Å². The van der Waals surface area contributed by atoms with Gasteiger partial charge < -0.3 is 19.9 Å². The first-order chi connectivity index (χ1) is 16.3. The number of sulfonamides is 1. The van der Waals surface area contributed by atoms with Crippen LogP contribution in [-0.2, 0) is 24.3 Å². The van der Waals surface area contributed by atoms with E-state index >= 15 is 0 Å². The molecular weight excluding hydrogens is 463 g/mol. The van der Waals surface area contributed by atoms with Crippen LogP contribution in [0.3, 0.4) is 0 Å². The van der Waals surface area contributed by atoms with Crippen molar-refractivity contribution in [3.63, 3.8) is 0 Å². The molecule has 10 heteroatoms. The SMILES string of the molecule is O=C(C[C@@H]1CC[C@H]2[C@@H](COC[C@@H](O)CN2S(=O)(=O)c2ccc(F)cc2)O1)NCC1CCCCC1. The minimum absolute atomic E-state index is 0.0193. The van der Waals surface area contributed by atoms with Crippen LogP contribution in [0.25, 0.3) is 0 Å². The number of carbonyl (C=O) groups is 1. The smallest absolute Gasteiger partial charge is 0.243 e. The number of fused-ring (bicyclic) bond motifs is 1. The quantitative estimate of drug-likeness (QED) is 0.623. The zero-order valence-electron chi connectivity index (χ0n) is 19.4. The summed E-state index contributed by atoms with van der Waals surface area (Å²) in [6.45, 7) is 0.658. The molecule has 34 heavy (non-hydrogen) atoms. The van der Waals surface area contributed by atoms with Gasteiger partial charge in [-0.1, -0.05) is 19.3 Å². The largest absolute Gasteiger partial charge is 0.389 e. The molecule has 2 aliphatic heterocycles. The van der Waals surface area contributed by atoms with Gasteiger partial charge in [0.2, 0.25) is 15.9 Å². The minimum atomic E-state index is -3.99. The lowest BCUT2D eigenvalue weighted by atomic mass is 9.89. The molecule has 2 saturated heterocycles. The van der Waals surface area contributed by atoms with E-state index < -0.39 is 34.1 Å². The highest BCUT2D eigenvalue weighted by molar-refractivity contribution is 7.89. The molecule has 0 bridgehead atoms. The number of benzene rings is 1. The van der Waals surface area contributed by atoms with Crippen LogP contribution in [0.4, 0.5) is 4.39 Å². The van der Waals surface area contributed by atoms with Gasteiger partial charge >= 0.3 is 0 Å². The normalized spacial score (nSPS) is 29.6. The number of hydrogen-bond donors (Lipinski definition) is 2. The summed E-state index contributed by atoms with van der Waals surface area (Å²) in [4.78, 5) is 12.5. The highest BCUT2D eigenvalue weighted by Gasteiger charge is 2.43. The molecule has 0 spiro atoms. The average Bonchev–Trinajstić information content (AvgIpc) is 2.81. The fourth-order valence-electron chi connectivity index (χ4n) is 5.24. The van der Waals surface area contributed by atoms with Crippen molar-refractivity contribution in [2.45, 2.75) is 80.6 Å². The molecule has 2 heterocycles. The summed E-state index contributed by atoms with van der Waals surface area (Å²) in [6.07, 6.45) is 5.38. The van der Waals surface area contributed by atoms with Crippen LogP contribution in [-0.4, -0.2) is 74.4 Å². The van der Waals surface area contributed by atoms with E-state index in [2.05, 4.69) is 5.32 Å². The highest BCUT2D eigenvalue weighted by Crippen LogP contribution is 2.31. The molecule has 3 aliphatic rings. The summed E-state index contributed by atoms with van der Waals surface area (Å²) < 4.78 is 53.1. The molecule has 8 nitrogen and oxygen atoms in total. The molecule has 1 amide bonds. The van der Waals surface area contributed by atoms with Crippen molar-refractivity contribution in [1.82, 2.24) is 9.62 Å². The van der Waals surface area contributed by atoms with E-state index in [1.54, 1.807) is 0 Å². The van der Waals surface area contributed by atoms with Gasteiger partial charge in [-0.2, -0.15) is 4.31 Å². The van der Waals surface area contributed by atoms with Crippen molar-refractivity contribution in [2.75, 3.05) is 26.3 Å². The first-order valence-electron chi connectivity index (χ1n) is 12.3. The molecule has 4 atom stereocenters. The minimum Gasteiger partial charge on any atom is -0.389 e. The van der Waals surface area contributed by atoms with Gasteiger partial charge in [0.1, 0.15) is 5.82 Å². The molecule has 1 aromatic rings. The van der Waals surface area contributed by atoms with Gasteiger partial charge in [-0.25, -0.2) is 12.8 Å². The van der Waals surface area contributed by atoms with Gasteiger partial charge in [0.25, 0.3) is 0 Å². The number of β-amino-alcohol motifs (C(OH)–C–C–N with tert-alkyl or cyclic N) is 1. The molecule has 3 fully saturated rings. The van der Waals surface area contributed by atoms with Gasteiger partial charge in [-0.3, -0.25) is 4.79 Å². The van der Waals surface area contributed by atoms with Crippen LogP contribution in [0, 0.1) is 11.7 Å². The predicted octanol–water partition coefficient (Wildman–Crippen LogP) is 2.21. The van der Waals surface area contributed by atoms with Crippen LogP contribution >= 0.6 is 0 Å². The Labute approximate surface area is 200 Å². The van der Waals surface area contributed by atoms with Crippen molar-refractivity contribution < 1.29 is 32.2 Å². The third-order valence-electron chi connectivity index (χ3n) is 7.08. The van der Waals surface area contributed by atoms with Crippen LogP contribution in [0.1, 0.15) is 51.4 Å². The summed E-state index contributed by atoms with van der Waals surface area (Å²) in [5, 5.41) is 13.3. The van der Waals surface area contributed by atoms with Crippen LogP contribution in [0.5, 0.6) is 0 Å². The predicted molar refractivity (Wildman–Crippen MR) is 123 cm³/mol. The van der Waals surface area contributed by atoms with Gasteiger partial charge in [0.05, 0.1) is 48.9 Å². The van der Waals surface area contributed by atoms with E-state index in [9.17, 15) is 22.7 Å². The van der Waals surface area contributed by atoms with E-state index in [4.69, 9.17) is 9.47 Å². The van der Waals surface area contributed by atoms with E-state index in [1.807, 2.05) is 0 Å². The van der Waals surface area contributed by atoms with Crippen molar-refractivity contribution in [3.05, 3.63) is 30.1 Å². The van der Waals surface area contributed by atoms with E-state index in [0.717, 1.165) is 25.0 Å². The fourth-order valence-corrected chi connectivity index (χ4v) is 6.96. The fraction of sp³-hybridized carbons (Fsp3) is 0.708. The van der Waals surface area contributed by atoms with E-state index in [1.165, 1.54) is 35.7 Å². The number of carbonyl (C=O) groups excluding carboxylic acids is 1. The maximum atomic E-state index is 13.4. The van der Waals surface area contributed by atoms with Crippen molar-refractivity contribution in [2.24, 2.45) is 5.92 Å². The maximum absolute atomic E-state index is 13.4. The Bertz CT molecular complexity index is 922. The average molecular weight is 499 g/mol. The number of ether oxygens (including phenoxy) is 2. The third kappa shape index (κ3) is 6.34. The van der Waals surface area contributed by atoms with Gasteiger partial charge in [0, 0.05) is 13.1 Å². The molecule has 2 N–H and O–H groups in total. The number of amides is 1. The second-order valence-electron chi connectivity index (χ2n) is 9.67. The van der Waals surface area contributed by atoms with Gasteiger partial charge in [-0.05, 0) is 55.9 Å². The van der Waals surface area contributed by atoms with E-state index in [-0.39, 0.29) is 43.1 Å². The molecule has 0 radical (unpaired) electrons. The number of aliphatic hydroxyl groups is 1. The van der Waals surface area contributed by atoms with Crippen molar-refractivity contribution in [1.29, 1.82) is 0 Å². The first-order valence-corrected chi connectivity index (χ1v) is 13.7. The molecular formula is C24H35FN2O6S. The Morgan fingerprint density at radius 3 is 2.56 bits per heavy atom. The molecule has 4 rings (SSSR count). The van der Waals surface area contributed by atoms with Gasteiger partial charge in [-0.15, -0.1) is 0 Å². The second kappa shape index (κ2) is 11.4. The number of hydrogen-bond acceptors (Lipinski definition) is 6.